The summed E-state index contributed by atoms with van der Waals surface area (Å²) < 4.78 is 99.5. The Morgan fingerprint density at radius 2 is 1.52 bits per heavy atom. The van der Waals surface area contributed by atoms with Crippen LogP contribution in [0.1, 0.15) is 50.8 Å². The van der Waals surface area contributed by atoms with Crippen molar-refractivity contribution in [2.75, 3.05) is 13.2 Å². The Balaban J connectivity index is 1.26. The van der Waals surface area contributed by atoms with Crippen molar-refractivity contribution in [2.45, 2.75) is 52.3 Å². The Hall–Kier alpha value is -4.45. The number of hydrogen-bond donors (Lipinski definition) is 0. The minimum atomic E-state index is -4.74. The van der Waals surface area contributed by atoms with Crippen molar-refractivity contribution in [3.05, 3.63) is 100 Å². The lowest BCUT2D eigenvalue weighted by Gasteiger charge is -2.18. The molecule has 0 aliphatic rings. The molecule has 48 heavy (non-hydrogen) atoms. The normalized spacial score (nSPS) is 12.0. The zero-order chi connectivity index (χ0) is 34.3. The summed E-state index contributed by atoms with van der Waals surface area (Å²) in [5, 5.41) is 0.286. The maximum atomic E-state index is 13.8. The fraction of sp³-hybridized carbons (Fsp3) is 0.294. The van der Waals surface area contributed by atoms with Gasteiger partial charge in [-0.1, -0.05) is 38.8 Å². The number of ether oxygens (including phenoxy) is 1. The first-order valence-electron chi connectivity index (χ1n) is 15.2. The summed E-state index contributed by atoms with van der Waals surface area (Å²) in [6, 6.07) is 13.0. The minimum Gasteiger partial charge on any atom is -0.487 e. The van der Waals surface area contributed by atoms with Gasteiger partial charge < -0.3 is 18.1 Å². The number of phosphoric ester groups is 1. The van der Waals surface area contributed by atoms with Gasteiger partial charge >= 0.3 is 14.0 Å². The molecule has 5 aromatic rings. The third-order valence-corrected chi connectivity index (χ3v) is 8.47. The van der Waals surface area contributed by atoms with E-state index in [1.165, 1.54) is 24.7 Å². The van der Waals surface area contributed by atoms with E-state index in [1.54, 1.807) is 30.3 Å². The summed E-state index contributed by atoms with van der Waals surface area (Å²) in [6.07, 6.45) is 0.883. The number of oxazole rings is 1. The van der Waals surface area contributed by atoms with E-state index in [0.717, 1.165) is 25.0 Å². The molecule has 0 amide bonds. The van der Waals surface area contributed by atoms with Gasteiger partial charge in [0.1, 0.15) is 47.7 Å². The summed E-state index contributed by atoms with van der Waals surface area (Å²) in [4.78, 5) is 17.4. The van der Waals surface area contributed by atoms with Crippen LogP contribution in [0.4, 0.5) is 17.6 Å². The Labute approximate surface area is 273 Å². The molecular weight excluding hydrogens is 657 g/mol. The molecule has 0 radical (unpaired) electrons. The molecule has 5 rings (SSSR count). The second-order valence-electron chi connectivity index (χ2n) is 10.7. The lowest BCUT2D eigenvalue weighted by molar-refractivity contribution is -0.137. The van der Waals surface area contributed by atoms with E-state index in [-0.39, 0.29) is 64.7 Å². The standard InChI is InChI=1S/C34H32F4NO8P/c1-3-5-13-45-48(41,46-14-6-4-2)47-27-9-7-22(8-10-27)30-21-43-31-18-28(11-12-29(31)32(30)40)42-19-26-20-44-33(39-26)23-15-24(34(36,37)38)17-25(35)16-23/h7-12,15-18,20-21H,3-6,13-14,19H2,1-2H3. The van der Waals surface area contributed by atoms with Crippen LogP contribution in [0, 0.1) is 5.82 Å². The van der Waals surface area contributed by atoms with Gasteiger partial charge in [-0.15, -0.1) is 0 Å². The SMILES string of the molecule is CCCCOP(=O)(OCCCC)Oc1ccc(-c2coc3cc(OCc4coc(-c5cc(F)cc(C(F)(F)F)c5)n4)ccc3c2=O)cc1. The maximum absolute atomic E-state index is 13.8. The third kappa shape index (κ3) is 8.71. The average molecular weight is 690 g/mol. The van der Waals surface area contributed by atoms with Crippen molar-refractivity contribution >= 4 is 18.8 Å². The van der Waals surface area contributed by atoms with Crippen LogP contribution in [-0.2, 0) is 26.4 Å². The second kappa shape index (κ2) is 15.2. The van der Waals surface area contributed by atoms with Crippen LogP contribution in [0.5, 0.6) is 11.5 Å². The van der Waals surface area contributed by atoms with E-state index in [9.17, 15) is 26.9 Å². The smallest absolute Gasteiger partial charge is 0.487 e. The lowest BCUT2D eigenvalue weighted by atomic mass is 10.1. The number of unbranched alkanes of at least 4 members (excludes halogenated alkanes) is 2. The molecule has 254 valence electrons. The maximum Gasteiger partial charge on any atom is 0.530 e. The zero-order valence-corrected chi connectivity index (χ0v) is 26.9. The minimum absolute atomic E-state index is 0.132. The number of aromatic nitrogens is 1. The van der Waals surface area contributed by atoms with Crippen molar-refractivity contribution < 1.29 is 49.3 Å². The van der Waals surface area contributed by atoms with E-state index in [2.05, 4.69) is 4.98 Å². The van der Waals surface area contributed by atoms with Crippen LogP contribution in [0.2, 0.25) is 0 Å². The van der Waals surface area contributed by atoms with Crippen LogP contribution >= 0.6 is 7.82 Å². The third-order valence-electron chi connectivity index (χ3n) is 7.03. The summed E-state index contributed by atoms with van der Waals surface area (Å²) in [7, 11) is -3.83. The highest BCUT2D eigenvalue weighted by atomic mass is 31.2. The summed E-state index contributed by atoms with van der Waals surface area (Å²) in [6.45, 7) is 4.30. The van der Waals surface area contributed by atoms with Crippen LogP contribution in [0.25, 0.3) is 33.6 Å². The van der Waals surface area contributed by atoms with Gasteiger partial charge in [0, 0.05) is 11.6 Å². The van der Waals surface area contributed by atoms with Crippen LogP contribution < -0.4 is 14.7 Å². The summed E-state index contributed by atoms with van der Waals surface area (Å²) >= 11 is 0. The molecular formula is C34H32F4NO8P. The van der Waals surface area contributed by atoms with Crippen molar-refractivity contribution in [3.8, 4) is 34.1 Å². The van der Waals surface area contributed by atoms with Gasteiger partial charge in [-0.2, -0.15) is 13.2 Å². The first-order chi connectivity index (χ1) is 23.0. The van der Waals surface area contributed by atoms with Gasteiger partial charge in [-0.3, -0.25) is 13.8 Å². The van der Waals surface area contributed by atoms with Gasteiger partial charge in [0.15, 0.2) is 5.43 Å². The number of phosphoric acid groups is 1. The van der Waals surface area contributed by atoms with Gasteiger partial charge in [-0.05, 0) is 60.9 Å². The average Bonchev–Trinajstić information content (AvgIpc) is 3.53. The molecule has 0 spiro atoms. The molecule has 0 aliphatic heterocycles. The van der Waals surface area contributed by atoms with Crippen molar-refractivity contribution in [2.24, 2.45) is 0 Å². The van der Waals surface area contributed by atoms with Crippen molar-refractivity contribution in [3.63, 3.8) is 0 Å². The molecule has 0 unspecified atom stereocenters. The van der Waals surface area contributed by atoms with E-state index in [4.69, 9.17) is 27.1 Å². The fourth-order valence-electron chi connectivity index (χ4n) is 4.49. The highest BCUT2D eigenvalue weighted by Crippen LogP contribution is 2.50. The van der Waals surface area contributed by atoms with Crippen LogP contribution in [0.15, 0.2) is 86.8 Å². The Kier molecular flexibility index (Phi) is 11.0. The van der Waals surface area contributed by atoms with E-state index >= 15 is 0 Å². The first kappa shape index (κ1) is 34.9. The predicted molar refractivity (Wildman–Crippen MR) is 169 cm³/mol. The number of nitrogens with zero attached hydrogens (tertiary/aromatic N) is 1. The molecule has 0 bridgehead atoms. The monoisotopic (exact) mass is 689 g/mol. The fourth-order valence-corrected chi connectivity index (χ4v) is 5.76. The number of hydrogen-bond acceptors (Lipinski definition) is 9. The predicted octanol–water partition coefficient (Wildman–Crippen LogP) is 9.97. The summed E-state index contributed by atoms with van der Waals surface area (Å²) in [5.74, 6) is -0.708. The molecule has 0 N–H and O–H groups in total. The molecule has 0 saturated heterocycles. The Morgan fingerprint density at radius 3 is 2.19 bits per heavy atom. The quantitative estimate of drug-likeness (QED) is 0.0602. The van der Waals surface area contributed by atoms with E-state index < -0.39 is 25.4 Å². The molecule has 0 atom stereocenters. The largest absolute Gasteiger partial charge is 0.530 e. The molecule has 0 saturated carbocycles. The number of benzene rings is 3. The zero-order valence-electron chi connectivity index (χ0n) is 26.1. The number of alkyl halides is 3. The van der Waals surface area contributed by atoms with E-state index in [0.29, 0.717) is 30.2 Å². The van der Waals surface area contributed by atoms with Crippen molar-refractivity contribution in [1.82, 2.24) is 4.98 Å². The molecule has 3 aromatic carbocycles. The second-order valence-corrected chi connectivity index (χ2v) is 12.3. The molecule has 0 fully saturated rings. The van der Waals surface area contributed by atoms with Gasteiger partial charge in [-0.25, -0.2) is 13.9 Å². The van der Waals surface area contributed by atoms with Gasteiger partial charge in [0.25, 0.3) is 0 Å². The first-order valence-corrected chi connectivity index (χ1v) is 16.6. The van der Waals surface area contributed by atoms with Gasteiger partial charge in [0.2, 0.25) is 5.89 Å². The van der Waals surface area contributed by atoms with Crippen molar-refractivity contribution in [1.29, 1.82) is 0 Å². The number of fused-ring (bicyclic) bond motifs is 1. The number of rotatable bonds is 15. The van der Waals surface area contributed by atoms with Crippen LogP contribution in [0.3, 0.4) is 0 Å². The lowest BCUT2D eigenvalue weighted by Crippen LogP contribution is -2.06. The summed E-state index contributed by atoms with van der Waals surface area (Å²) in [5.41, 5.74) is -0.336. The molecule has 14 heteroatoms. The molecule has 2 aromatic heterocycles. The Morgan fingerprint density at radius 1 is 0.833 bits per heavy atom. The highest BCUT2D eigenvalue weighted by Gasteiger charge is 2.32. The van der Waals surface area contributed by atoms with E-state index in [1.807, 2.05) is 13.8 Å². The van der Waals surface area contributed by atoms with Gasteiger partial charge in [0.05, 0.1) is 29.7 Å². The topological polar surface area (TPSA) is 110 Å². The highest BCUT2D eigenvalue weighted by molar-refractivity contribution is 7.48. The molecule has 0 aliphatic carbocycles. The van der Waals surface area contributed by atoms with Crippen LogP contribution in [-0.4, -0.2) is 18.2 Å². The Bertz CT molecular complexity index is 1940. The molecule has 2 heterocycles. The molecule has 9 nitrogen and oxygen atoms in total. The number of halogens is 4.